The molecule has 1 aliphatic carbocycles. The summed E-state index contributed by atoms with van der Waals surface area (Å²) < 4.78 is 21.4. The Hall–Kier alpha value is -1.44. The van der Waals surface area contributed by atoms with Gasteiger partial charge >= 0.3 is 6.09 Å². The summed E-state index contributed by atoms with van der Waals surface area (Å²) in [5, 5.41) is 2.71. The van der Waals surface area contributed by atoms with E-state index in [0.717, 1.165) is 32.1 Å². The molecule has 1 unspecified atom stereocenters. The van der Waals surface area contributed by atoms with E-state index in [1.165, 1.54) is 0 Å². The number of hydrogen-bond acceptors (Lipinski definition) is 6. The Bertz CT molecular complexity index is 413. The second-order valence-corrected chi connectivity index (χ2v) is 6.22. The van der Waals surface area contributed by atoms with Gasteiger partial charge in [0.05, 0.1) is 39.6 Å². The smallest absolute Gasteiger partial charge is 0.407 e. The van der Waals surface area contributed by atoms with Crippen molar-refractivity contribution in [1.29, 1.82) is 0 Å². The molecule has 0 heterocycles. The molecule has 0 saturated heterocycles. The standard InChI is InChI=1S/C19H33NO6/c1-17(21)9-11-23-13-15-25-16-14-24-12-10-20-19(22)26-18-7-5-3-2-4-6-8-18/h2-3,18H,4-16H2,1H3,(H,20,22)/b3-2+. The second kappa shape index (κ2) is 15.8. The first-order valence-electron chi connectivity index (χ1n) is 9.50. The van der Waals surface area contributed by atoms with Crippen LogP contribution in [0.25, 0.3) is 0 Å². The largest absolute Gasteiger partial charge is 0.446 e. The van der Waals surface area contributed by atoms with Gasteiger partial charge in [-0.05, 0) is 39.0 Å². The van der Waals surface area contributed by atoms with Crippen LogP contribution in [-0.2, 0) is 23.7 Å². The molecule has 150 valence electrons. The van der Waals surface area contributed by atoms with E-state index in [4.69, 9.17) is 18.9 Å². The van der Waals surface area contributed by atoms with Gasteiger partial charge in [0.1, 0.15) is 11.9 Å². The summed E-state index contributed by atoms with van der Waals surface area (Å²) in [5.41, 5.74) is 0. The first-order valence-corrected chi connectivity index (χ1v) is 9.50. The monoisotopic (exact) mass is 371 g/mol. The molecular weight excluding hydrogens is 338 g/mol. The summed E-state index contributed by atoms with van der Waals surface area (Å²) >= 11 is 0. The van der Waals surface area contributed by atoms with Crippen LogP contribution in [0.2, 0.25) is 0 Å². The van der Waals surface area contributed by atoms with Crippen LogP contribution in [0.4, 0.5) is 4.79 Å². The van der Waals surface area contributed by atoms with Crippen LogP contribution in [0.5, 0.6) is 0 Å². The van der Waals surface area contributed by atoms with E-state index in [1.807, 2.05) is 0 Å². The molecule has 0 fully saturated rings. The van der Waals surface area contributed by atoms with Crippen molar-refractivity contribution in [3.05, 3.63) is 12.2 Å². The number of alkyl carbamates (subject to hydrolysis) is 1. The van der Waals surface area contributed by atoms with Gasteiger partial charge in [0.15, 0.2) is 0 Å². The van der Waals surface area contributed by atoms with Gasteiger partial charge in [0.25, 0.3) is 0 Å². The number of rotatable bonds is 13. The highest BCUT2D eigenvalue weighted by molar-refractivity contribution is 5.75. The van der Waals surface area contributed by atoms with E-state index in [-0.39, 0.29) is 18.0 Å². The SMILES string of the molecule is CC(=O)CCOCCOCCOCCNC(=O)OC1CC/C=C/CCC1. The number of allylic oxidation sites excluding steroid dienone is 2. The van der Waals surface area contributed by atoms with Crippen molar-refractivity contribution in [1.82, 2.24) is 5.32 Å². The zero-order valence-corrected chi connectivity index (χ0v) is 15.9. The number of Topliss-reactive ketones (excluding diaryl/α,β-unsaturated/α-hetero) is 1. The Kier molecular flexibility index (Phi) is 13.7. The van der Waals surface area contributed by atoms with E-state index in [2.05, 4.69) is 17.5 Å². The highest BCUT2D eigenvalue weighted by Gasteiger charge is 2.14. The third-order valence-electron chi connectivity index (χ3n) is 3.85. The summed E-state index contributed by atoms with van der Waals surface area (Å²) in [6, 6.07) is 0. The minimum Gasteiger partial charge on any atom is -0.446 e. The maximum Gasteiger partial charge on any atom is 0.407 e. The quantitative estimate of drug-likeness (QED) is 0.396. The normalized spacial score (nSPS) is 18.6. The molecule has 0 saturated carbocycles. The van der Waals surface area contributed by atoms with Crippen LogP contribution in [0.3, 0.4) is 0 Å². The zero-order valence-electron chi connectivity index (χ0n) is 15.9. The second-order valence-electron chi connectivity index (χ2n) is 6.22. The van der Waals surface area contributed by atoms with E-state index >= 15 is 0 Å². The average Bonchev–Trinajstić information content (AvgIpc) is 2.58. The minimum absolute atomic E-state index is 0.00642. The number of nitrogens with one attached hydrogen (secondary N) is 1. The van der Waals surface area contributed by atoms with Crippen LogP contribution in [-0.4, -0.2) is 64.2 Å². The first kappa shape index (κ1) is 22.6. The van der Waals surface area contributed by atoms with Crippen LogP contribution in [0.1, 0.15) is 45.4 Å². The van der Waals surface area contributed by atoms with Crippen molar-refractivity contribution in [3.8, 4) is 0 Å². The maximum absolute atomic E-state index is 11.7. The topological polar surface area (TPSA) is 83.1 Å². The Balaban J connectivity index is 1.85. The van der Waals surface area contributed by atoms with Crippen molar-refractivity contribution < 1.29 is 28.5 Å². The Morgan fingerprint density at radius 1 is 0.923 bits per heavy atom. The predicted molar refractivity (Wildman–Crippen MR) is 98.3 cm³/mol. The van der Waals surface area contributed by atoms with E-state index < -0.39 is 0 Å². The molecule has 1 amide bonds. The van der Waals surface area contributed by atoms with Gasteiger partial charge in [-0.2, -0.15) is 0 Å². The summed E-state index contributed by atoms with van der Waals surface area (Å²) in [6.07, 6.45) is 9.30. The van der Waals surface area contributed by atoms with E-state index in [1.54, 1.807) is 6.92 Å². The third-order valence-corrected chi connectivity index (χ3v) is 3.85. The molecule has 0 aromatic rings. The van der Waals surface area contributed by atoms with Crippen molar-refractivity contribution >= 4 is 11.9 Å². The zero-order chi connectivity index (χ0) is 18.9. The molecule has 1 atom stereocenters. The van der Waals surface area contributed by atoms with E-state index in [0.29, 0.717) is 52.6 Å². The number of hydrogen-bond donors (Lipinski definition) is 1. The molecule has 0 bridgehead atoms. The fourth-order valence-electron chi connectivity index (χ4n) is 2.42. The van der Waals surface area contributed by atoms with Gasteiger partial charge in [-0.25, -0.2) is 4.79 Å². The Morgan fingerprint density at radius 3 is 2.31 bits per heavy atom. The number of carbonyl (C=O) groups excluding carboxylic acids is 2. The molecule has 0 aromatic heterocycles. The molecule has 7 heteroatoms. The van der Waals surface area contributed by atoms with Gasteiger partial charge < -0.3 is 24.3 Å². The van der Waals surface area contributed by atoms with E-state index in [9.17, 15) is 9.59 Å². The van der Waals surface area contributed by atoms with Crippen LogP contribution < -0.4 is 5.32 Å². The summed E-state index contributed by atoms with van der Waals surface area (Å²) in [6.45, 7) is 4.69. The number of ketones is 1. The molecule has 0 radical (unpaired) electrons. The highest BCUT2D eigenvalue weighted by atomic mass is 16.6. The lowest BCUT2D eigenvalue weighted by molar-refractivity contribution is -0.118. The Morgan fingerprint density at radius 2 is 1.58 bits per heavy atom. The maximum atomic E-state index is 11.7. The lowest BCUT2D eigenvalue weighted by Gasteiger charge is -2.18. The highest BCUT2D eigenvalue weighted by Crippen LogP contribution is 2.15. The molecular formula is C19H33NO6. The number of ether oxygens (including phenoxy) is 4. The molecule has 1 N–H and O–H groups in total. The van der Waals surface area contributed by atoms with Crippen LogP contribution in [0.15, 0.2) is 12.2 Å². The minimum atomic E-state index is -0.373. The average molecular weight is 371 g/mol. The summed E-state index contributed by atoms with van der Waals surface area (Å²) in [7, 11) is 0. The van der Waals surface area contributed by atoms with Gasteiger partial charge in [0.2, 0.25) is 0 Å². The first-order chi connectivity index (χ1) is 12.7. The fourth-order valence-corrected chi connectivity index (χ4v) is 2.42. The lowest BCUT2D eigenvalue weighted by atomic mass is 10.0. The third kappa shape index (κ3) is 13.8. The molecule has 0 aromatic carbocycles. The molecule has 26 heavy (non-hydrogen) atoms. The van der Waals surface area contributed by atoms with Crippen LogP contribution >= 0.6 is 0 Å². The van der Waals surface area contributed by atoms with Crippen molar-refractivity contribution in [2.45, 2.75) is 51.6 Å². The Labute approximate surface area is 156 Å². The molecule has 0 aliphatic heterocycles. The van der Waals surface area contributed by atoms with Crippen LogP contribution in [0, 0.1) is 0 Å². The van der Waals surface area contributed by atoms with Crippen molar-refractivity contribution in [3.63, 3.8) is 0 Å². The summed E-state index contributed by atoms with van der Waals surface area (Å²) in [5.74, 6) is 0.124. The van der Waals surface area contributed by atoms with Gasteiger partial charge in [-0.15, -0.1) is 0 Å². The van der Waals surface area contributed by atoms with Crippen molar-refractivity contribution in [2.24, 2.45) is 0 Å². The van der Waals surface area contributed by atoms with Gasteiger partial charge in [-0.3, -0.25) is 4.79 Å². The molecule has 0 spiro atoms. The predicted octanol–water partition coefficient (Wildman–Crippen LogP) is 2.63. The lowest BCUT2D eigenvalue weighted by Crippen LogP contribution is -2.31. The van der Waals surface area contributed by atoms with Gasteiger partial charge in [0, 0.05) is 13.0 Å². The molecule has 1 rings (SSSR count). The van der Waals surface area contributed by atoms with Crippen molar-refractivity contribution in [2.75, 3.05) is 46.2 Å². The molecule has 7 nitrogen and oxygen atoms in total. The number of carbonyl (C=O) groups is 2. The molecule has 1 aliphatic rings. The van der Waals surface area contributed by atoms with Gasteiger partial charge in [-0.1, -0.05) is 12.2 Å². The fraction of sp³-hybridized carbons (Fsp3) is 0.789. The number of amides is 1. The summed E-state index contributed by atoms with van der Waals surface area (Å²) in [4.78, 5) is 22.5.